The number of rotatable bonds is 6. The third kappa shape index (κ3) is 3.87. The standard InChI is InChI=1S/C18H23N3O4/c1-10(2)14(18(24)25)20-16(22)15(11(3)4)21-9-19-13-8-6-5-7-12(13)17(21)23/h5-11,14-15H,1-4H3,(H,20,22)(H,24,25). The van der Waals surface area contributed by atoms with Gasteiger partial charge in [-0.3, -0.25) is 14.2 Å². The van der Waals surface area contributed by atoms with Gasteiger partial charge in [-0.05, 0) is 24.0 Å². The number of carboxylic acids is 1. The SMILES string of the molecule is CC(C)C(NC(=O)C(C(C)C)n1cnc2ccccc2c1=O)C(=O)O. The zero-order chi connectivity index (χ0) is 18.7. The smallest absolute Gasteiger partial charge is 0.326 e. The Balaban J connectivity index is 2.45. The van der Waals surface area contributed by atoms with Gasteiger partial charge in [0.05, 0.1) is 17.2 Å². The highest BCUT2D eigenvalue weighted by molar-refractivity contribution is 5.86. The van der Waals surface area contributed by atoms with Crippen LogP contribution in [-0.4, -0.2) is 32.6 Å². The minimum Gasteiger partial charge on any atom is -0.480 e. The first-order chi connectivity index (χ1) is 11.7. The predicted octanol–water partition coefficient (Wildman–Crippen LogP) is 1.82. The van der Waals surface area contributed by atoms with E-state index in [4.69, 9.17) is 0 Å². The fraction of sp³-hybridized carbons (Fsp3) is 0.444. The Morgan fingerprint density at radius 2 is 1.76 bits per heavy atom. The lowest BCUT2D eigenvalue weighted by atomic mass is 10.00. The van der Waals surface area contributed by atoms with Crippen LogP contribution in [0.4, 0.5) is 0 Å². The van der Waals surface area contributed by atoms with Gasteiger partial charge in [-0.1, -0.05) is 39.8 Å². The van der Waals surface area contributed by atoms with Crippen LogP contribution in [0.5, 0.6) is 0 Å². The Kier molecular flexibility index (Phi) is 5.56. The zero-order valence-corrected chi connectivity index (χ0v) is 14.8. The monoisotopic (exact) mass is 345 g/mol. The minimum absolute atomic E-state index is 0.220. The number of carboxylic acid groups (broad SMARTS) is 1. The van der Waals surface area contributed by atoms with Gasteiger partial charge >= 0.3 is 5.97 Å². The molecular formula is C18H23N3O4. The summed E-state index contributed by atoms with van der Waals surface area (Å²) in [6.07, 6.45) is 1.35. The number of benzene rings is 1. The number of hydrogen-bond acceptors (Lipinski definition) is 4. The van der Waals surface area contributed by atoms with E-state index in [2.05, 4.69) is 10.3 Å². The third-order valence-corrected chi connectivity index (χ3v) is 4.12. The van der Waals surface area contributed by atoms with Crippen LogP contribution in [0, 0.1) is 11.8 Å². The molecule has 0 fully saturated rings. The second kappa shape index (κ2) is 7.46. The lowest BCUT2D eigenvalue weighted by Gasteiger charge is -2.26. The fourth-order valence-electron chi connectivity index (χ4n) is 2.78. The average Bonchev–Trinajstić information content (AvgIpc) is 2.54. The number of nitrogens with one attached hydrogen (secondary N) is 1. The largest absolute Gasteiger partial charge is 0.480 e. The molecule has 0 bridgehead atoms. The van der Waals surface area contributed by atoms with Gasteiger partial charge < -0.3 is 10.4 Å². The Morgan fingerprint density at radius 3 is 2.32 bits per heavy atom. The van der Waals surface area contributed by atoms with E-state index in [1.807, 2.05) is 0 Å². The molecule has 7 nitrogen and oxygen atoms in total. The summed E-state index contributed by atoms with van der Waals surface area (Å²) in [5, 5.41) is 12.2. The molecule has 2 unspecified atom stereocenters. The van der Waals surface area contributed by atoms with Gasteiger partial charge in [0.25, 0.3) is 5.56 Å². The van der Waals surface area contributed by atoms with E-state index in [9.17, 15) is 19.5 Å². The van der Waals surface area contributed by atoms with Crippen LogP contribution in [-0.2, 0) is 9.59 Å². The molecule has 2 N–H and O–H groups in total. The molecule has 0 aliphatic rings. The molecule has 0 aliphatic heterocycles. The lowest BCUT2D eigenvalue weighted by Crippen LogP contribution is -2.49. The fourth-order valence-corrected chi connectivity index (χ4v) is 2.78. The van der Waals surface area contributed by atoms with Crippen molar-refractivity contribution in [1.82, 2.24) is 14.9 Å². The second-order valence-corrected chi connectivity index (χ2v) is 6.73. The van der Waals surface area contributed by atoms with E-state index in [0.29, 0.717) is 10.9 Å². The van der Waals surface area contributed by atoms with Crippen LogP contribution in [0.2, 0.25) is 0 Å². The molecule has 134 valence electrons. The molecule has 0 radical (unpaired) electrons. The van der Waals surface area contributed by atoms with Crippen molar-refractivity contribution in [2.24, 2.45) is 11.8 Å². The van der Waals surface area contributed by atoms with Crippen LogP contribution >= 0.6 is 0 Å². The van der Waals surface area contributed by atoms with Gasteiger partial charge in [0.2, 0.25) is 5.91 Å². The third-order valence-electron chi connectivity index (χ3n) is 4.12. The average molecular weight is 345 g/mol. The van der Waals surface area contributed by atoms with E-state index < -0.39 is 24.0 Å². The molecule has 0 aliphatic carbocycles. The molecule has 7 heteroatoms. The molecule has 25 heavy (non-hydrogen) atoms. The van der Waals surface area contributed by atoms with Crippen LogP contribution in [0.3, 0.4) is 0 Å². The van der Waals surface area contributed by atoms with Crippen molar-refractivity contribution in [3.63, 3.8) is 0 Å². The highest BCUT2D eigenvalue weighted by Crippen LogP contribution is 2.18. The van der Waals surface area contributed by atoms with Crippen LogP contribution < -0.4 is 10.9 Å². The van der Waals surface area contributed by atoms with Crippen LogP contribution in [0.1, 0.15) is 33.7 Å². The quantitative estimate of drug-likeness (QED) is 0.831. The number of aliphatic carboxylic acids is 1. The summed E-state index contributed by atoms with van der Waals surface area (Å²) in [6, 6.07) is 5.05. The molecule has 2 atom stereocenters. The molecular weight excluding hydrogens is 322 g/mol. The van der Waals surface area contributed by atoms with Crippen molar-refractivity contribution in [3.8, 4) is 0 Å². The number of carbonyl (C=O) groups excluding carboxylic acids is 1. The summed E-state index contributed by atoms with van der Waals surface area (Å²) in [4.78, 5) is 41.1. The number of fused-ring (bicyclic) bond motifs is 1. The van der Waals surface area contributed by atoms with E-state index >= 15 is 0 Å². The molecule has 0 spiro atoms. The van der Waals surface area contributed by atoms with Crippen molar-refractivity contribution in [2.45, 2.75) is 39.8 Å². The number of carbonyl (C=O) groups is 2. The lowest BCUT2D eigenvalue weighted by molar-refractivity contribution is -0.143. The van der Waals surface area contributed by atoms with Crippen molar-refractivity contribution in [3.05, 3.63) is 40.9 Å². The Hall–Kier alpha value is -2.70. The maximum absolute atomic E-state index is 12.8. The van der Waals surface area contributed by atoms with E-state index in [1.165, 1.54) is 10.9 Å². The van der Waals surface area contributed by atoms with Gasteiger partial charge in [0.1, 0.15) is 12.1 Å². The van der Waals surface area contributed by atoms with Crippen molar-refractivity contribution < 1.29 is 14.7 Å². The van der Waals surface area contributed by atoms with Gasteiger partial charge in [-0.2, -0.15) is 0 Å². The zero-order valence-electron chi connectivity index (χ0n) is 14.8. The summed E-state index contributed by atoms with van der Waals surface area (Å²) in [5.41, 5.74) is 0.230. The van der Waals surface area contributed by atoms with Crippen LogP contribution in [0.25, 0.3) is 10.9 Å². The number of nitrogens with zero attached hydrogens (tertiary/aromatic N) is 2. The van der Waals surface area contributed by atoms with Gasteiger partial charge in [-0.25, -0.2) is 9.78 Å². The summed E-state index contributed by atoms with van der Waals surface area (Å²) < 4.78 is 1.28. The maximum Gasteiger partial charge on any atom is 0.326 e. The molecule has 1 heterocycles. The molecule has 1 amide bonds. The normalized spacial score (nSPS) is 13.8. The van der Waals surface area contributed by atoms with Crippen molar-refractivity contribution in [1.29, 1.82) is 0 Å². The first-order valence-electron chi connectivity index (χ1n) is 8.23. The highest BCUT2D eigenvalue weighted by Gasteiger charge is 2.31. The molecule has 0 saturated carbocycles. The summed E-state index contributed by atoms with van der Waals surface area (Å²) >= 11 is 0. The molecule has 2 aromatic rings. The first-order valence-corrected chi connectivity index (χ1v) is 8.23. The predicted molar refractivity (Wildman–Crippen MR) is 94.3 cm³/mol. The number of para-hydroxylation sites is 1. The Bertz CT molecular complexity index is 842. The first kappa shape index (κ1) is 18.6. The van der Waals surface area contributed by atoms with Crippen molar-refractivity contribution >= 4 is 22.8 Å². The molecule has 0 saturated heterocycles. The Morgan fingerprint density at radius 1 is 1.12 bits per heavy atom. The van der Waals surface area contributed by atoms with Gasteiger partial charge in [0, 0.05) is 0 Å². The maximum atomic E-state index is 12.8. The van der Waals surface area contributed by atoms with Gasteiger partial charge in [-0.15, -0.1) is 0 Å². The van der Waals surface area contributed by atoms with Crippen molar-refractivity contribution in [2.75, 3.05) is 0 Å². The molecule has 1 aromatic carbocycles. The minimum atomic E-state index is -1.10. The molecule has 2 rings (SSSR count). The van der Waals surface area contributed by atoms with Gasteiger partial charge in [0.15, 0.2) is 0 Å². The molecule has 1 aromatic heterocycles. The topological polar surface area (TPSA) is 101 Å². The summed E-state index contributed by atoms with van der Waals surface area (Å²) in [5.74, 6) is -2.10. The van der Waals surface area contributed by atoms with E-state index in [-0.39, 0.29) is 17.4 Å². The Labute approximate surface area is 145 Å². The van der Waals surface area contributed by atoms with Crippen LogP contribution in [0.15, 0.2) is 35.4 Å². The summed E-state index contributed by atoms with van der Waals surface area (Å²) in [7, 11) is 0. The second-order valence-electron chi connectivity index (χ2n) is 6.73. The highest BCUT2D eigenvalue weighted by atomic mass is 16.4. The van der Waals surface area contributed by atoms with E-state index in [0.717, 1.165) is 0 Å². The number of amides is 1. The van der Waals surface area contributed by atoms with E-state index in [1.54, 1.807) is 52.0 Å². The number of hydrogen-bond donors (Lipinski definition) is 2. The number of aromatic nitrogens is 2. The summed E-state index contributed by atoms with van der Waals surface area (Å²) in [6.45, 7) is 7.04.